The molecule has 0 amide bonds. The lowest BCUT2D eigenvalue weighted by Gasteiger charge is -2.02. The number of hydrogen-bond acceptors (Lipinski definition) is 3. The lowest BCUT2D eigenvalue weighted by molar-refractivity contribution is 1.39. The number of nitrogens with zero attached hydrogens (tertiary/aromatic N) is 1. The van der Waals surface area contributed by atoms with E-state index in [1.807, 2.05) is 36.4 Å². The molecule has 1 aliphatic rings. The molecule has 18 heavy (non-hydrogen) atoms. The van der Waals surface area contributed by atoms with Crippen molar-refractivity contribution in [3.05, 3.63) is 52.5 Å². The maximum Gasteiger partial charge on any atom is 0.0685 e. The molecule has 4 heteroatoms. The molecule has 0 fully saturated rings. The average Bonchev–Trinajstić information content (AvgIpc) is 2.73. The largest absolute Gasteiger partial charge is 0.399 e. The zero-order valence-corrected chi connectivity index (χ0v) is 10.4. The van der Waals surface area contributed by atoms with E-state index in [1.165, 1.54) is 0 Å². The molecule has 1 heterocycles. The summed E-state index contributed by atoms with van der Waals surface area (Å²) in [4.78, 5) is 4.59. The van der Waals surface area contributed by atoms with E-state index in [4.69, 9.17) is 23.1 Å². The van der Waals surface area contributed by atoms with Crippen LogP contribution in [0.4, 0.5) is 17.1 Å². The third kappa shape index (κ3) is 1.83. The SMILES string of the molecule is Nc1ccc(C2=Nc3cc(Cl)c(N)cc3C2)cc1. The summed E-state index contributed by atoms with van der Waals surface area (Å²) in [6, 6.07) is 11.4. The van der Waals surface area contributed by atoms with Crippen LogP contribution in [0.25, 0.3) is 0 Å². The van der Waals surface area contributed by atoms with Crippen molar-refractivity contribution in [2.45, 2.75) is 6.42 Å². The number of fused-ring (bicyclic) bond motifs is 1. The summed E-state index contributed by atoms with van der Waals surface area (Å²) in [5.41, 5.74) is 16.9. The van der Waals surface area contributed by atoms with Gasteiger partial charge in [-0.3, -0.25) is 4.99 Å². The highest BCUT2D eigenvalue weighted by molar-refractivity contribution is 6.33. The highest BCUT2D eigenvalue weighted by atomic mass is 35.5. The summed E-state index contributed by atoms with van der Waals surface area (Å²) in [5.74, 6) is 0. The molecular formula is C14H12ClN3. The smallest absolute Gasteiger partial charge is 0.0685 e. The summed E-state index contributed by atoms with van der Waals surface area (Å²) in [6.45, 7) is 0. The monoisotopic (exact) mass is 257 g/mol. The molecule has 0 atom stereocenters. The maximum atomic E-state index is 6.00. The third-order valence-corrected chi connectivity index (χ3v) is 3.38. The Morgan fingerprint density at radius 2 is 1.78 bits per heavy atom. The second-order valence-corrected chi connectivity index (χ2v) is 4.77. The molecule has 3 nitrogen and oxygen atoms in total. The van der Waals surface area contributed by atoms with Crippen molar-refractivity contribution in [2.24, 2.45) is 4.99 Å². The number of nitrogen functional groups attached to an aromatic ring is 2. The van der Waals surface area contributed by atoms with Crippen LogP contribution in [0.2, 0.25) is 5.02 Å². The van der Waals surface area contributed by atoms with E-state index in [0.717, 1.165) is 34.6 Å². The molecule has 90 valence electrons. The normalized spacial score (nSPS) is 13.3. The number of hydrogen-bond donors (Lipinski definition) is 2. The van der Waals surface area contributed by atoms with Gasteiger partial charge < -0.3 is 11.5 Å². The molecule has 1 aliphatic heterocycles. The predicted molar refractivity (Wildman–Crippen MR) is 76.6 cm³/mol. The molecule has 0 unspecified atom stereocenters. The molecule has 0 radical (unpaired) electrons. The molecule has 0 bridgehead atoms. The van der Waals surface area contributed by atoms with Crippen molar-refractivity contribution in [3.8, 4) is 0 Å². The fraction of sp³-hybridized carbons (Fsp3) is 0.0714. The van der Waals surface area contributed by atoms with Crippen LogP contribution in [-0.2, 0) is 6.42 Å². The number of halogens is 1. The van der Waals surface area contributed by atoms with Gasteiger partial charge in [0.05, 0.1) is 22.1 Å². The van der Waals surface area contributed by atoms with Gasteiger partial charge in [-0.25, -0.2) is 0 Å². The average molecular weight is 258 g/mol. The van der Waals surface area contributed by atoms with Crippen LogP contribution in [0.3, 0.4) is 0 Å². The van der Waals surface area contributed by atoms with Crippen LogP contribution in [0.5, 0.6) is 0 Å². The van der Waals surface area contributed by atoms with Gasteiger partial charge in [-0.15, -0.1) is 0 Å². The first-order valence-corrected chi connectivity index (χ1v) is 6.02. The molecule has 3 rings (SSSR count). The van der Waals surface area contributed by atoms with Crippen molar-refractivity contribution in [1.29, 1.82) is 0 Å². The van der Waals surface area contributed by atoms with Gasteiger partial charge in [0.15, 0.2) is 0 Å². The molecular weight excluding hydrogens is 246 g/mol. The van der Waals surface area contributed by atoms with Gasteiger partial charge in [0.2, 0.25) is 0 Å². The van der Waals surface area contributed by atoms with Crippen LogP contribution >= 0.6 is 11.6 Å². The third-order valence-electron chi connectivity index (χ3n) is 3.06. The first-order valence-electron chi connectivity index (χ1n) is 5.65. The van der Waals surface area contributed by atoms with Crippen LogP contribution in [0.15, 0.2) is 41.4 Å². The lowest BCUT2D eigenvalue weighted by Crippen LogP contribution is -2.00. The zero-order valence-electron chi connectivity index (χ0n) is 9.65. The van der Waals surface area contributed by atoms with E-state index in [0.29, 0.717) is 10.7 Å². The number of rotatable bonds is 1. The number of anilines is 2. The molecule has 0 aliphatic carbocycles. The van der Waals surface area contributed by atoms with Gasteiger partial charge in [0.1, 0.15) is 0 Å². The van der Waals surface area contributed by atoms with E-state index in [1.54, 1.807) is 0 Å². The fourth-order valence-electron chi connectivity index (χ4n) is 2.08. The Hall–Kier alpha value is -2.00. The van der Waals surface area contributed by atoms with Crippen molar-refractivity contribution < 1.29 is 0 Å². The first-order chi connectivity index (χ1) is 8.63. The summed E-state index contributed by atoms with van der Waals surface area (Å²) in [6.07, 6.45) is 0.778. The van der Waals surface area contributed by atoms with Crippen LogP contribution in [-0.4, -0.2) is 5.71 Å². The van der Waals surface area contributed by atoms with E-state index in [2.05, 4.69) is 4.99 Å². The van der Waals surface area contributed by atoms with Crippen molar-refractivity contribution in [1.82, 2.24) is 0 Å². The Bertz CT molecular complexity index is 645. The summed E-state index contributed by atoms with van der Waals surface area (Å²) < 4.78 is 0. The number of aliphatic imine (C=N–C) groups is 1. The number of nitrogens with two attached hydrogens (primary N) is 2. The van der Waals surface area contributed by atoms with E-state index in [-0.39, 0.29) is 0 Å². The highest BCUT2D eigenvalue weighted by Crippen LogP contribution is 2.34. The van der Waals surface area contributed by atoms with Gasteiger partial charge in [-0.2, -0.15) is 0 Å². The minimum atomic E-state index is 0.552. The van der Waals surface area contributed by atoms with Crippen LogP contribution in [0, 0.1) is 0 Å². The fourth-order valence-corrected chi connectivity index (χ4v) is 2.24. The zero-order chi connectivity index (χ0) is 12.7. The molecule has 2 aromatic carbocycles. The van der Waals surface area contributed by atoms with Gasteiger partial charge in [0.25, 0.3) is 0 Å². The van der Waals surface area contributed by atoms with Crippen molar-refractivity contribution >= 4 is 34.4 Å². The second kappa shape index (κ2) is 4.03. The Labute approximate surface area is 110 Å². The lowest BCUT2D eigenvalue weighted by atomic mass is 10.0. The second-order valence-electron chi connectivity index (χ2n) is 4.36. The molecule has 0 spiro atoms. The molecule has 0 saturated carbocycles. The topological polar surface area (TPSA) is 64.4 Å². The Morgan fingerprint density at radius 3 is 2.50 bits per heavy atom. The predicted octanol–water partition coefficient (Wildman–Crippen LogP) is 3.18. The minimum Gasteiger partial charge on any atom is -0.399 e. The van der Waals surface area contributed by atoms with Crippen molar-refractivity contribution in [2.75, 3.05) is 11.5 Å². The maximum absolute atomic E-state index is 6.00. The summed E-state index contributed by atoms with van der Waals surface area (Å²) in [5, 5.41) is 0.552. The minimum absolute atomic E-state index is 0.552. The Balaban J connectivity index is 2.00. The van der Waals surface area contributed by atoms with Gasteiger partial charge in [0, 0.05) is 12.1 Å². The van der Waals surface area contributed by atoms with Gasteiger partial charge in [-0.05, 0) is 35.4 Å². The Kier molecular flexibility index (Phi) is 2.49. The molecule has 4 N–H and O–H groups in total. The summed E-state index contributed by atoms with van der Waals surface area (Å²) in [7, 11) is 0. The Morgan fingerprint density at radius 1 is 1.06 bits per heavy atom. The van der Waals surface area contributed by atoms with Gasteiger partial charge in [-0.1, -0.05) is 23.7 Å². The molecule has 2 aromatic rings. The van der Waals surface area contributed by atoms with Crippen LogP contribution < -0.4 is 11.5 Å². The number of benzene rings is 2. The highest BCUT2D eigenvalue weighted by Gasteiger charge is 2.17. The molecule has 0 aromatic heterocycles. The van der Waals surface area contributed by atoms with E-state index >= 15 is 0 Å². The van der Waals surface area contributed by atoms with Gasteiger partial charge >= 0.3 is 0 Å². The van der Waals surface area contributed by atoms with Crippen molar-refractivity contribution in [3.63, 3.8) is 0 Å². The standard InChI is InChI=1S/C14H12ClN3/c15-11-7-14-9(5-12(11)17)6-13(18-14)8-1-3-10(16)4-2-8/h1-5,7H,6,16-17H2. The van der Waals surface area contributed by atoms with E-state index < -0.39 is 0 Å². The summed E-state index contributed by atoms with van der Waals surface area (Å²) >= 11 is 6.00. The van der Waals surface area contributed by atoms with E-state index in [9.17, 15) is 0 Å². The van der Waals surface area contributed by atoms with Crippen LogP contribution in [0.1, 0.15) is 11.1 Å². The molecule has 0 saturated heterocycles. The first kappa shape index (κ1) is 11.1. The quantitative estimate of drug-likeness (QED) is 0.771.